The molecular weight excluding hydrogens is 392 g/mol. The minimum atomic E-state index is -0.611. The number of fused-ring (bicyclic) bond motifs is 2. The van der Waals surface area contributed by atoms with Gasteiger partial charge in [-0.3, -0.25) is 9.59 Å². The second kappa shape index (κ2) is 7.49. The van der Waals surface area contributed by atoms with Crippen LogP contribution >= 0.6 is 11.3 Å². The Kier molecular flexibility index (Phi) is 4.69. The molecule has 3 aromatic rings. The van der Waals surface area contributed by atoms with Crippen LogP contribution in [0.2, 0.25) is 0 Å². The van der Waals surface area contributed by atoms with Crippen molar-refractivity contribution in [2.24, 2.45) is 0 Å². The number of carbonyl (C=O) groups is 1. The minimum absolute atomic E-state index is 0.0393. The summed E-state index contributed by atoms with van der Waals surface area (Å²) >= 11 is 1.38. The van der Waals surface area contributed by atoms with Gasteiger partial charge in [-0.15, -0.1) is 11.3 Å². The molecule has 5 rings (SSSR count). The highest BCUT2D eigenvalue weighted by molar-refractivity contribution is 7.17. The summed E-state index contributed by atoms with van der Waals surface area (Å²) < 4.78 is 12.0. The lowest BCUT2D eigenvalue weighted by Crippen LogP contribution is -2.53. The van der Waals surface area contributed by atoms with Crippen molar-refractivity contribution in [1.82, 2.24) is 14.9 Å². The molecule has 1 fully saturated rings. The van der Waals surface area contributed by atoms with Crippen LogP contribution in [0.1, 0.15) is 5.82 Å². The van der Waals surface area contributed by atoms with Gasteiger partial charge in [-0.25, -0.2) is 4.98 Å². The lowest BCUT2D eigenvalue weighted by molar-refractivity contribution is -0.142. The molecule has 2 aromatic heterocycles. The van der Waals surface area contributed by atoms with Gasteiger partial charge in [-0.2, -0.15) is 0 Å². The van der Waals surface area contributed by atoms with Crippen molar-refractivity contribution in [1.29, 1.82) is 0 Å². The quantitative estimate of drug-likeness (QED) is 0.703. The number of amides is 1. The molecule has 1 amide bonds. The molecule has 2 aliphatic rings. The average molecular weight is 412 g/mol. The van der Waals surface area contributed by atoms with Gasteiger partial charge in [-0.1, -0.05) is 12.1 Å². The first-order valence-corrected chi connectivity index (χ1v) is 10.4. The highest BCUT2D eigenvalue weighted by atomic mass is 32.1. The van der Waals surface area contributed by atoms with E-state index >= 15 is 0 Å². The van der Waals surface area contributed by atoms with Crippen LogP contribution in [0.25, 0.3) is 10.2 Å². The smallest absolute Gasteiger partial charge is 0.268 e. The van der Waals surface area contributed by atoms with E-state index in [0.29, 0.717) is 61.2 Å². The first-order valence-electron chi connectivity index (χ1n) is 9.52. The summed E-state index contributed by atoms with van der Waals surface area (Å²) in [6.45, 7) is 3.01. The summed E-state index contributed by atoms with van der Waals surface area (Å²) in [5.41, 5.74) is 1.44. The zero-order chi connectivity index (χ0) is 19.8. The molecule has 1 atom stereocenters. The average Bonchev–Trinajstić information content (AvgIpc) is 3.23. The third-order valence-corrected chi connectivity index (χ3v) is 6.07. The Morgan fingerprint density at radius 2 is 2.07 bits per heavy atom. The fourth-order valence-corrected chi connectivity index (χ4v) is 4.48. The molecule has 1 unspecified atom stereocenters. The van der Waals surface area contributed by atoms with Gasteiger partial charge in [0.1, 0.15) is 16.3 Å². The van der Waals surface area contributed by atoms with Crippen molar-refractivity contribution in [2.45, 2.75) is 12.6 Å². The van der Waals surface area contributed by atoms with Gasteiger partial charge in [0.05, 0.1) is 37.5 Å². The van der Waals surface area contributed by atoms with E-state index in [9.17, 15) is 9.59 Å². The van der Waals surface area contributed by atoms with Gasteiger partial charge in [0, 0.05) is 13.1 Å². The SMILES string of the molecule is O=C(C1CN(Cc2nc3ccsc3c(=O)[nH]2)c2ccccc2O1)N1CCOCC1. The van der Waals surface area contributed by atoms with Crippen LogP contribution < -0.4 is 15.2 Å². The molecule has 150 valence electrons. The number of aromatic amines is 1. The zero-order valence-electron chi connectivity index (χ0n) is 15.7. The largest absolute Gasteiger partial charge is 0.477 e. The van der Waals surface area contributed by atoms with E-state index in [1.807, 2.05) is 40.6 Å². The maximum Gasteiger partial charge on any atom is 0.268 e. The van der Waals surface area contributed by atoms with E-state index in [1.54, 1.807) is 4.90 Å². The molecule has 0 aliphatic carbocycles. The van der Waals surface area contributed by atoms with Crippen molar-refractivity contribution in [3.05, 3.63) is 51.9 Å². The van der Waals surface area contributed by atoms with Crippen molar-refractivity contribution in [3.63, 3.8) is 0 Å². The second-order valence-electron chi connectivity index (χ2n) is 7.04. The highest BCUT2D eigenvalue weighted by Gasteiger charge is 2.34. The Balaban J connectivity index is 1.44. The van der Waals surface area contributed by atoms with E-state index in [-0.39, 0.29) is 11.5 Å². The maximum absolute atomic E-state index is 13.0. The number of H-pyrrole nitrogens is 1. The van der Waals surface area contributed by atoms with E-state index in [1.165, 1.54) is 11.3 Å². The Morgan fingerprint density at radius 1 is 1.24 bits per heavy atom. The summed E-state index contributed by atoms with van der Waals surface area (Å²) in [6.07, 6.45) is -0.611. The fraction of sp³-hybridized carbons (Fsp3) is 0.350. The molecule has 8 nitrogen and oxygen atoms in total. The number of nitrogens with one attached hydrogen (secondary N) is 1. The highest BCUT2D eigenvalue weighted by Crippen LogP contribution is 2.34. The molecule has 0 bridgehead atoms. The van der Waals surface area contributed by atoms with E-state index < -0.39 is 6.10 Å². The summed E-state index contributed by atoms with van der Waals surface area (Å²) in [4.78, 5) is 36.6. The van der Waals surface area contributed by atoms with Gasteiger partial charge in [0.15, 0.2) is 6.10 Å². The number of thiophene rings is 1. The van der Waals surface area contributed by atoms with Gasteiger partial charge in [0.2, 0.25) is 0 Å². The number of hydrogen-bond acceptors (Lipinski definition) is 7. The number of carbonyl (C=O) groups excluding carboxylic acids is 1. The van der Waals surface area contributed by atoms with Crippen LogP contribution in [0.15, 0.2) is 40.5 Å². The molecular formula is C20H20N4O4S. The van der Waals surface area contributed by atoms with Gasteiger partial charge in [0.25, 0.3) is 11.5 Å². The molecule has 0 spiro atoms. The number of anilines is 1. The van der Waals surface area contributed by atoms with Gasteiger partial charge >= 0.3 is 0 Å². The number of benzene rings is 1. The Morgan fingerprint density at radius 3 is 2.93 bits per heavy atom. The Hall–Kier alpha value is -2.91. The number of ether oxygens (including phenoxy) is 2. The zero-order valence-corrected chi connectivity index (χ0v) is 16.5. The molecule has 1 N–H and O–H groups in total. The monoisotopic (exact) mass is 412 g/mol. The van der Waals surface area contributed by atoms with Crippen molar-refractivity contribution >= 4 is 33.1 Å². The first kappa shape index (κ1) is 18.1. The number of nitrogens with zero attached hydrogens (tertiary/aromatic N) is 3. The number of morpholine rings is 1. The molecule has 1 saturated heterocycles. The van der Waals surface area contributed by atoms with Crippen LogP contribution in [-0.2, 0) is 16.1 Å². The molecule has 0 radical (unpaired) electrons. The van der Waals surface area contributed by atoms with E-state index in [4.69, 9.17) is 9.47 Å². The Bertz CT molecular complexity index is 1110. The molecule has 2 aliphatic heterocycles. The van der Waals surface area contributed by atoms with Crippen LogP contribution in [0.3, 0.4) is 0 Å². The predicted octanol–water partition coefficient (Wildman–Crippen LogP) is 1.61. The van der Waals surface area contributed by atoms with Gasteiger partial charge in [-0.05, 0) is 23.6 Å². The van der Waals surface area contributed by atoms with Crippen LogP contribution in [-0.4, -0.2) is 59.7 Å². The number of aromatic nitrogens is 2. The maximum atomic E-state index is 13.0. The topological polar surface area (TPSA) is 87.8 Å². The van der Waals surface area contributed by atoms with Crippen LogP contribution in [0.5, 0.6) is 5.75 Å². The third kappa shape index (κ3) is 3.47. The first-order chi connectivity index (χ1) is 14.2. The summed E-state index contributed by atoms with van der Waals surface area (Å²) in [5, 5.41) is 1.86. The fourth-order valence-electron chi connectivity index (χ4n) is 3.75. The van der Waals surface area contributed by atoms with Crippen molar-refractivity contribution < 1.29 is 14.3 Å². The number of rotatable bonds is 3. The van der Waals surface area contributed by atoms with Crippen LogP contribution in [0, 0.1) is 0 Å². The molecule has 9 heteroatoms. The lowest BCUT2D eigenvalue weighted by Gasteiger charge is -2.38. The second-order valence-corrected chi connectivity index (χ2v) is 7.96. The summed E-state index contributed by atoms with van der Waals surface area (Å²) in [7, 11) is 0. The van der Waals surface area contributed by atoms with Crippen molar-refractivity contribution in [3.8, 4) is 5.75 Å². The number of para-hydroxylation sites is 2. The molecule has 0 saturated carbocycles. The molecule has 29 heavy (non-hydrogen) atoms. The normalized spacial score (nSPS) is 19.1. The van der Waals surface area contributed by atoms with Gasteiger partial charge < -0.3 is 24.3 Å². The van der Waals surface area contributed by atoms with E-state index in [2.05, 4.69) is 9.97 Å². The predicted molar refractivity (Wildman–Crippen MR) is 110 cm³/mol. The van der Waals surface area contributed by atoms with Crippen LogP contribution in [0.4, 0.5) is 5.69 Å². The lowest BCUT2D eigenvalue weighted by atomic mass is 10.1. The summed E-state index contributed by atoms with van der Waals surface area (Å²) in [5.74, 6) is 1.18. The van der Waals surface area contributed by atoms with Crippen molar-refractivity contribution in [2.75, 3.05) is 37.7 Å². The third-order valence-electron chi connectivity index (χ3n) is 5.16. The molecule has 1 aromatic carbocycles. The van der Waals surface area contributed by atoms with E-state index in [0.717, 1.165) is 5.69 Å². The number of hydrogen-bond donors (Lipinski definition) is 1. The summed E-state index contributed by atoms with van der Waals surface area (Å²) in [6, 6.07) is 9.47. The minimum Gasteiger partial charge on any atom is -0.477 e. The standard InChI is InChI=1S/C20H20N4O4S/c25-19-18-13(5-10-29-18)21-17(22-19)12-24-11-16(20(26)23-6-8-27-9-7-23)28-15-4-2-1-3-14(15)24/h1-5,10,16H,6-9,11-12H2,(H,21,22,25). The molecule has 4 heterocycles. The Labute approximate surface area is 170 Å².